The van der Waals surface area contributed by atoms with E-state index in [0.29, 0.717) is 35.5 Å². The number of ether oxygens (including phenoxy) is 1. The number of aromatic nitrogens is 3. The maximum atomic E-state index is 14.0. The van der Waals surface area contributed by atoms with Crippen molar-refractivity contribution in [2.45, 2.75) is 64.4 Å². The van der Waals surface area contributed by atoms with E-state index in [1.165, 1.54) is 18.2 Å². The first-order chi connectivity index (χ1) is 15.4. The van der Waals surface area contributed by atoms with Gasteiger partial charge < -0.3 is 15.0 Å². The standard InChI is InChI=1S/C23H23ClFN5O2.ClH/c1-11-21(24)12(2)30-22(26-11)16-9-29(10-18(16)28-30)23(31)15-5-3-13(25)7-19(15)32-20-8-14-4-6-17(20)27-14;/h3,5,7,14,17,20,27H,4,6,8-10H2,1-2H3;1H/t14?,17?,20-;/m0./s1. The molecule has 174 valence electrons. The van der Waals surface area contributed by atoms with Crippen molar-refractivity contribution in [3.8, 4) is 5.75 Å². The number of hydrogen-bond donors (Lipinski definition) is 1. The zero-order chi connectivity index (χ0) is 22.1. The number of amides is 1. The highest BCUT2D eigenvalue weighted by Gasteiger charge is 2.41. The molecule has 2 saturated heterocycles. The summed E-state index contributed by atoms with van der Waals surface area (Å²) in [6, 6.07) is 4.86. The summed E-state index contributed by atoms with van der Waals surface area (Å²) in [5.41, 5.74) is 4.38. The van der Waals surface area contributed by atoms with E-state index in [-0.39, 0.29) is 30.5 Å². The summed E-state index contributed by atoms with van der Waals surface area (Å²) in [6.45, 7) is 4.51. The van der Waals surface area contributed by atoms with Gasteiger partial charge in [-0.25, -0.2) is 13.9 Å². The number of fused-ring (bicyclic) bond motifs is 5. The lowest BCUT2D eigenvalue weighted by molar-refractivity contribution is 0.0740. The fourth-order valence-electron chi connectivity index (χ4n) is 5.26. The second-order valence-electron chi connectivity index (χ2n) is 9.00. The van der Waals surface area contributed by atoms with Crippen LogP contribution in [0.4, 0.5) is 4.39 Å². The lowest BCUT2D eigenvalue weighted by Gasteiger charge is -2.24. The lowest BCUT2D eigenvalue weighted by atomic mass is 9.97. The van der Waals surface area contributed by atoms with Crippen LogP contribution in [0.3, 0.4) is 0 Å². The molecule has 10 heteroatoms. The van der Waals surface area contributed by atoms with Crippen LogP contribution in [0, 0.1) is 19.7 Å². The monoisotopic (exact) mass is 491 g/mol. The fourth-order valence-corrected chi connectivity index (χ4v) is 5.39. The summed E-state index contributed by atoms with van der Waals surface area (Å²) in [5, 5.41) is 8.75. The van der Waals surface area contributed by atoms with Crippen molar-refractivity contribution in [2.24, 2.45) is 0 Å². The molecule has 3 aromatic rings. The fraction of sp³-hybridized carbons (Fsp3) is 0.435. The van der Waals surface area contributed by atoms with Crippen LogP contribution in [0.5, 0.6) is 5.75 Å². The molecular weight excluding hydrogens is 468 g/mol. The largest absolute Gasteiger partial charge is 0.488 e. The third-order valence-corrected chi connectivity index (χ3v) is 7.48. The summed E-state index contributed by atoms with van der Waals surface area (Å²) in [7, 11) is 0. The number of nitrogens with zero attached hydrogens (tertiary/aromatic N) is 4. The number of rotatable bonds is 3. The number of benzene rings is 1. The Balaban J connectivity index is 0.00000228. The molecule has 1 aromatic carbocycles. The first kappa shape index (κ1) is 22.4. The van der Waals surface area contributed by atoms with Crippen LogP contribution < -0.4 is 10.1 Å². The molecule has 0 radical (unpaired) electrons. The topological polar surface area (TPSA) is 71.8 Å². The van der Waals surface area contributed by atoms with Crippen LogP contribution >= 0.6 is 24.0 Å². The minimum Gasteiger partial charge on any atom is -0.488 e. The average Bonchev–Trinajstić information content (AvgIpc) is 3.53. The van der Waals surface area contributed by atoms with Crippen LogP contribution in [-0.2, 0) is 13.1 Å². The second kappa shape index (κ2) is 8.11. The van der Waals surface area contributed by atoms with Gasteiger partial charge in [-0.1, -0.05) is 11.6 Å². The van der Waals surface area contributed by atoms with Gasteiger partial charge in [0.2, 0.25) is 0 Å². The Morgan fingerprint density at radius 3 is 2.82 bits per heavy atom. The first-order valence-corrected chi connectivity index (χ1v) is 11.3. The highest BCUT2D eigenvalue weighted by Crippen LogP contribution is 2.35. The SMILES string of the molecule is Cc1nc2c3c(nn2c(C)c1Cl)CN(C(=O)c1ccc(F)cc1O[C@H]1CC2CCC1N2)C3.Cl. The highest BCUT2D eigenvalue weighted by atomic mass is 35.5. The molecule has 2 aromatic heterocycles. The Morgan fingerprint density at radius 1 is 1.27 bits per heavy atom. The molecule has 5 heterocycles. The van der Waals surface area contributed by atoms with Gasteiger partial charge in [0.05, 0.1) is 40.8 Å². The summed E-state index contributed by atoms with van der Waals surface area (Å²) in [4.78, 5) is 19.7. The van der Waals surface area contributed by atoms with Crippen molar-refractivity contribution in [1.29, 1.82) is 0 Å². The smallest absolute Gasteiger partial charge is 0.258 e. The first-order valence-electron chi connectivity index (χ1n) is 10.9. The maximum Gasteiger partial charge on any atom is 0.258 e. The van der Waals surface area contributed by atoms with Crippen molar-refractivity contribution in [1.82, 2.24) is 24.8 Å². The maximum absolute atomic E-state index is 14.0. The predicted octanol–water partition coefficient (Wildman–Crippen LogP) is 3.99. The van der Waals surface area contributed by atoms with E-state index in [1.54, 1.807) is 9.42 Å². The molecular formula is C23H24Cl2FN5O2. The molecule has 7 nitrogen and oxygen atoms in total. The molecule has 1 amide bonds. The third kappa shape index (κ3) is 3.55. The van der Waals surface area contributed by atoms with E-state index < -0.39 is 5.82 Å². The molecule has 2 bridgehead atoms. The zero-order valence-electron chi connectivity index (χ0n) is 18.3. The molecule has 0 aliphatic carbocycles. The van der Waals surface area contributed by atoms with E-state index >= 15 is 0 Å². The van der Waals surface area contributed by atoms with Crippen molar-refractivity contribution in [3.63, 3.8) is 0 Å². The normalized spacial score (nSPS) is 23.2. The number of hydrogen-bond acceptors (Lipinski definition) is 5. The number of carbonyl (C=O) groups excluding carboxylic acids is 1. The van der Waals surface area contributed by atoms with Crippen molar-refractivity contribution >= 4 is 35.6 Å². The average molecular weight is 492 g/mol. The van der Waals surface area contributed by atoms with E-state index in [1.807, 2.05) is 13.8 Å². The quantitative estimate of drug-likeness (QED) is 0.599. The molecule has 2 fully saturated rings. The number of halogens is 3. The summed E-state index contributed by atoms with van der Waals surface area (Å²) < 4.78 is 22.0. The minimum atomic E-state index is -0.415. The molecule has 3 aliphatic rings. The molecule has 0 saturated carbocycles. The zero-order valence-corrected chi connectivity index (χ0v) is 19.8. The molecule has 33 heavy (non-hydrogen) atoms. The van der Waals surface area contributed by atoms with Crippen LogP contribution in [0.1, 0.15) is 52.3 Å². The Hall–Kier alpha value is -2.42. The van der Waals surface area contributed by atoms with Gasteiger partial charge in [0, 0.05) is 30.1 Å². The van der Waals surface area contributed by atoms with Crippen LogP contribution in [0.2, 0.25) is 5.02 Å². The predicted molar refractivity (Wildman–Crippen MR) is 124 cm³/mol. The summed E-state index contributed by atoms with van der Waals surface area (Å²) in [5.74, 6) is -0.304. The minimum absolute atomic E-state index is 0. The number of aryl methyl sites for hydroxylation is 2. The lowest BCUT2D eigenvalue weighted by Crippen LogP contribution is -2.33. The van der Waals surface area contributed by atoms with Crippen LogP contribution in [0.15, 0.2) is 18.2 Å². The van der Waals surface area contributed by atoms with Gasteiger partial charge >= 0.3 is 0 Å². The Bertz CT molecular complexity index is 1280. The Labute approximate surface area is 201 Å². The van der Waals surface area contributed by atoms with Crippen molar-refractivity contribution in [3.05, 3.63) is 57.2 Å². The van der Waals surface area contributed by atoms with E-state index in [0.717, 1.165) is 47.6 Å². The van der Waals surface area contributed by atoms with Gasteiger partial charge in [-0.15, -0.1) is 12.4 Å². The van der Waals surface area contributed by atoms with Crippen molar-refractivity contribution in [2.75, 3.05) is 0 Å². The van der Waals surface area contributed by atoms with Gasteiger partial charge in [-0.2, -0.15) is 5.10 Å². The molecule has 3 aliphatic heterocycles. The molecule has 3 atom stereocenters. The third-order valence-electron chi connectivity index (χ3n) is 6.94. The molecule has 0 spiro atoms. The van der Waals surface area contributed by atoms with Crippen LogP contribution in [-0.4, -0.2) is 43.6 Å². The Kier molecular flexibility index (Phi) is 5.50. The molecule has 2 unspecified atom stereocenters. The highest BCUT2D eigenvalue weighted by molar-refractivity contribution is 6.31. The van der Waals surface area contributed by atoms with E-state index in [4.69, 9.17) is 16.3 Å². The number of nitrogens with one attached hydrogen (secondary N) is 1. The summed E-state index contributed by atoms with van der Waals surface area (Å²) >= 11 is 6.33. The Morgan fingerprint density at radius 2 is 2.09 bits per heavy atom. The molecule has 1 N–H and O–H groups in total. The molecule has 6 rings (SSSR count). The van der Waals surface area contributed by atoms with Gasteiger partial charge in [0.25, 0.3) is 5.91 Å². The van der Waals surface area contributed by atoms with E-state index in [9.17, 15) is 9.18 Å². The van der Waals surface area contributed by atoms with Gasteiger partial charge in [0.15, 0.2) is 5.65 Å². The van der Waals surface area contributed by atoms with Gasteiger partial charge in [-0.05, 0) is 38.8 Å². The number of carbonyl (C=O) groups is 1. The van der Waals surface area contributed by atoms with Crippen molar-refractivity contribution < 1.29 is 13.9 Å². The second-order valence-corrected chi connectivity index (χ2v) is 9.38. The van der Waals surface area contributed by atoms with Crippen LogP contribution in [0.25, 0.3) is 5.65 Å². The summed E-state index contributed by atoms with van der Waals surface area (Å²) in [6.07, 6.45) is 3.03. The van der Waals surface area contributed by atoms with Gasteiger partial charge in [0.1, 0.15) is 17.7 Å². The van der Waals surface area contributed by atoms with Gasteiger partial charge in [-0.3, -0.25) is 4.79 Å². The van der Waals surface area contributed by atoms with E-state index in [2.05, 4.69) is 15.4 Å².